The number of hydrogen-bond donors (Lipinski definition) is 1. The lowest BCUT2D eigenvalue weighted by molar-refractivity contribution is -0.303. The van der Waals surface area contributed by atoms with E-state index >= 15 is 0 Å². The molecule has 2 aromatic heterocycles. The van der Waals surface area contributed by atoms with Crippen molar-refractivity contribution in [2.75, 3.05) is 0 Å². The number of carboxylic acids is 1. The molecule has 0 unspecified atom stereocenters. The summed E-state index contributed by atoms with van der Waals surface area (Å²) < 4.78 is 57.4. The molecular weight excluding hydrogens is 525 g/mol. The molecular formula is C30H31F3N2O5. The third-order valence-electron chi connectivity index (χ3n) is 8.26. The second kappa shape index (κ2) is 10.5. The zero-order chi connectivity index (χ0) is 28.0. The van der Waals surface area contributed by atoms with E-state index in [9.17, 15) is 23.1 Å². The van der Waals surface area contributed by atoms with Crippen molar-refractivity contribution in [3.05, 3.63) is 70.5 Å². The number of benzene rings is 1. The summed E-state index contributed by atoms with van der Waals surface area (Å²) in [5, 5.41) is 14.4. The van der Waals surface area contributed by atoms with Crippen LogP contribution in [0.2, 0.25) is 0 Å². The van der Waals surface area contributed by atoms with E-state index in [4.69, 9.17) is 9.26 Å². The molecule has 0 amide bonds. The van der Waals surface area contributed by atoms with Crippen LogP contribution in [0.3, 0.4) is 0 Å². The van der Waals surface area contributed by atoms with Crippen LogP contribution in [0.1, 0.15) is 96.1 Å². The Morgan fingerprint density at radius 1 is 1.15 bits per heavy atom. The Morgan fingerprint density at radius 3 is 2.60 bits per heavy atom. The number of nitrogens with zero attached hydrogens (tertiary/aromatic N) is 2. The smallest absolute Gasteiger partial charge is 0.478 e. The maximum absolute atomic E-state index is 13.1. The molecule has 2 saturated carbocycles. The first-order chi connectivity index (χ1) is 19.2. The van der Waals surface area contributed by atoms with Crippen molar-refractivity contribution in [2.45, 2.75) is 82.3 Å². The minimum atomic E-state index is -4.79. The zero-order valence-electron chi connectivity index (χ0n) is 22.2. The topological polar surface area (TPSA) is 86.7 Å². The van der Waals surface area contributed by atoms with Crippen molar-refractivity contribution in [3.63, 3.8) is 0 Å². The molecule has 0 saturated heterocycles. The molecule has 0 atom stereocenters. The van der Waals surface area contributed by atoms with E-state index in [1.165, 1.54) is 11.6 Å². The van der Waals surface area contributed by atoms with E-state index in [2.05, 4.69) is 16.0 Å². The first-order valence-corrected chi connectivity index (χ1v) is 13.8. The van der Waals surface area contributed by atoms with Gasteiger partial charge in [0.25, 0.3) is 0 Å². The molecule has 2 heterocycles. The fourth-order valence-corrected chi connectivity index (χ4v) is 6.05. The molecule has 3 aliphatic rings. The molecule has 3 aliphatic carbocycles. The zero-order valence-corrected chi connectivity index (χ0v) is 22.2. The molecule has 3 aromatic rings. The average Bonchev–Trinajstić information content (AvgIpc) is 3.60. The third-order valence-corrected chi connectivity index (χ3v) is 8.26. The Bertz CT molecular complexity index is 1490. The van der Waals surface area contributed by atoms with Crippen molar-refractivity contribution >= 4 is 22.4 Å². The second-order valence-electron chi connectivity index (χ2n) is 11.0. The number of carboxylic acid groups (broad SMARTS) is 1. The van der Waals surface area contributed by atoms with Crippen LogP contribution in [0.4, 0.5) is 13.2 Å². The monoisotopic (exact) mass is 556 g/mol. The highest BCUT2D eigenvalue weighted by molar-refractivity contribution is 6.03. The highest BCUT2D eigenvalue weighted by atomic mass is 19.4. The van der Waals surface area contributed by atoms with Crippen LogP contribution in [-0.4, -0.2) is 33.3 Å². The molecule has 6 rings (SSSR count). The molecule has 40 heavy (non-hydrogen) atoms. The molecule has 212 valence electrons. The molecule has 0 spiro atoms. The molecule has 0 radical (unpaired) electrons. The van der Waals surface area contributed by atoms with Crippen LogP contribution in [0.5, 0.6) is 0 Å². The summed E-state index contributed by atoms with van der Waals surface area (Å²) in [6.45, 7) is 0.236. The fraction of sp³-hybridized carbons (Fsp3) is 0.467. The standard InChI is InChI=1S/C30H31F3N2O5/c1-35-15-23(29(36)37)21-13-10-19(14-25(21)35)17-8-11-20(12-9-17)38-16-24-27(34-40-28(24)18-6-7-18)22-4-2-3-5-26(22)39-30(31,32)33/h3,5,10,13-15,17-18,20H,2,4,6-9,11-12,16H2,1H3,(H,36,37)/t17-,20-. The van der Waals surface area contributed by atoms with Gasteiger partial charge in [-0.25, -0.2) is 4.79 Å². The molecule has 1 aromatic carbocycles. The van der Waals surface area contributed by atoms with E-state index in [1.807, 2.05) is 23.7 Å². The number of ether oxygens (including phenoxy) is 2. The van der Waals surface area contributed by atoms with E-state index in [-0.39, 0.29) is 24.4 Å². The van der Waals surface area contributed by atoms with Crippen LogP contribution < -0.4 is 0 Å². The number of carbonyl (C=O) groups is 1. The molecule has 0 aliphatic heterocycles. The van der Waals surface area contributed by atoms with Crippen molar-refractivity contribution in [1.29, 1.82) is 0 Å². The van der Waals surface area contributed by atoms with Gasteiger partial charge in [-0.1, -0.05) is 23.4 Å². The maximum Gasteiger partial charge on any atom is 0.573 e. The average molecular weight is 557 g/mol. The number of rotatable bonds is 8. The van der Waals surface area contributed by atoms with E-state index in [0.717, 1.165) is 55.0 Å². The van der Waals surface area contributed by atoms with Gasteiger partial charge >= 0.3 is 12.3 Å². The SMILES string of the molecule is Cn1cc(C(=O)O)c2ccc([C@H]3CC[C@H](OCc4c(C5=C(OC(F)(F)F)C=CCC5)noc4C4CC4)CC3)cc21. The quantitative estimate of drug-likeness (QED) is 0.308. The van der Waals surface area contributed by atoms with Crippen LogP contribution in [-0.2, 0) is 23.1 Å². The van der Waals surface area contributed by atoms with Crippen molar-refractivity contribution in [3.8, 4) is 0 Å². The van der Waals surface area contributed by atoms with E-state index in [0.29, 0.717) is 41.4 Å². The van der Waals surface area contributed by atoms with Gasteiger partial charge in [-0.3, -0.25) is 0 Å². The Labute approximate surface area is 229 Å². The van der Waals surface area contributed by atoms with Gasteiger partial charge < -0.3 is 23.7 Å². The summed E-state index contributed by atoms with van der Waals surface area (Å²) in [7, 11) is 1.86. The molecule has 0 bridgehead atoms. The lowest BCUT2D eigenvalue weighted by Crippen LogP contribution is -2.21. The van der Waals surface area contributed by atoms with Crippen LogP contribution in [0.25, 0.3) is 16.5 Å². The maximum atomic E-state index is 13.1. The van der Waals surface area contributed by atoms with E-state index < -0.39 is 12.3 Å². The Balaban J connectivity index is 1.15. The number of halogens is 3. The van der Waals surface area contributed by atoms with Crippen molar-refractivity contribution in [1.82, 2.24) is 9.72 Å². The number of alkyl halides is 3. The lowest BCUT2D eigenvalue weighted by atomic mass is 9.82. The molecule has 2 fully saturated rings. The van der Waals surface area contributed by atoms with Gasteiger partial charge in [-0.05, 0) is 75.0 Å². The fourth-order valence-electron chi connectivity index (χ4n) is 6.05. The highest BCUT2D eigenvalue weighted by Gasteiger charge is 2.37. The summed E-state index contributed by atoms with van der Waals surface area (Å²) in [4.78, 5) is 11.5. The number of aryl methyl sites for hydroxylation is 1. The predicted molar refractivity (Wildman–Crippen MR) is 141 cm³/mol. The number of aromatic nitrogens is 2. The van der Waals surface area contributed by atoms with Gasteiger partial charge in [0.2, 0.25) is 0 Å². The number of hydrogen-bond acceptors (Lipinski definition) is 5. The third kappa shape index (κ3) is 5.41. The van der Waals surface area contributed by atoms with E-state index in [1.54, 1.807) is 12.3 Å². The number of fused-ring (bicyclic) bond motifs is 1. The van der Waals surface area contributed by atoms with Gasteiger partial charge in [0.1, 0.15) is 17.2 Å². The van der Waals surface area contributed by atoms with Crippen LogP contribution in [0, 0.1) is 0 Å². The molecule has 10 heteroatoms. The first-order valence-electron chi connectivity index (χ1n) is 13.8. The summed E-state index contributed by atoms with van der Waals surface area (Å²) in [6, 6.07) is 6.01. The minimum absolute atomic E-state index is 0.0227. The Kier molecular flexibility index (Phi) is 6.98. The van der Waals surface area contributed by atoms with Gasteiger partial charge in [0.15, 0.2) is 0 Å². The van der Waals surface area contributed by atoms with Gasteiger partial charge in [-0.2, -0.15) is 0 Å². The van der Waals surface area contributed by atoms with Crippen LogP contribution in [0.15, 0.2) is 46.8 Å². The van der Waals surface area contributed by atoms with Gasteiger partial charge in [0.05, 0.1) is 18.3 Å². The summed E-state index contributed by atoms with van der Waals surface area (Å²) >= 11 is 0. The lowest BCUT2D eigenvalue weighted by Gasteiger charge is -2.29. The van der Waals surface area contributed by atoms with Crippen LogP contribution >= 0.6 is 0 Å². The van der Waals surface area contributed by atoms with Crippen molar-refractivity contribution < 1.29 is 37.1 Å². The number of allylic oxidation sites excluding steroid dienone is 3. The second-order valence-corrected chi connectivity index (χ2v) is 11.0. The minimum Gasteiger partial charge on any atom is -0.478 e. The molecule has 1 N–H and O–H groups in total. The van der Waals surface area contributed by atoms with Crippen molar-refractivity contribution in [2.24, 2.45) is 7.05 Å². The largest absolute Gasteiger partial charge is 0.573 e. The normalized spacial score (nSPS) is 21.8. The summed E-state index contributed by atoms with van der Waals surface area (Å²) in [5.41, 5.74) is 3.95. The predicted octanol–water partition coefficient (Wildman–Crippen LogP) is 7.58. The Morgan fingerprint density at radius 2 is 1.90 bits per heavy atom. The molecule has 7 nitrogen and oxygen atoms in total. The Hall–Kier alpha value is -3.53. The summed E-state index contributed by atoms with van der Waals surface area (Å²) in [6.07, 6.45) is 6.39. The number of aromatic carboxylic acids is 1. The summed E-state index contributed by atoms with van der Waals surface area (Å²) in [5.74, 6) is 0.130. The highest BCUT2D eigenvalue weighted by Crippen LogP contribution is 2.45. The van der Waals surface area contributed by atoms with Gasteiger partial charge in [-0.15, -0.1) is 13.2 Å². The first kappa shape index (κ1) is 26.7. The van der Waals surface area contributed by atoms with Gasteiger partial charge in [0, 0.05) is 41.2 Å².